The van der Waals surface area contributed by atoms with Gasteiger partial charge in [0.1, 0.15) is 11.9 Å². The van der Waals surface area contributed by atoms with Crippen LogP contribution in [0.3, 0.4) is 0 Å². The number of hydrogen-bond donors (Lipinski definition) is 2. The molecule has 1 saturated heterocycles. The molecule has 2 aliphatic rings. The molecule has 0 amide bonds. The molecule has 2 aliphatic heterocycles. The summed E-state index contributed by atoms with van der Waals surface area (Å²) in [6, 6.07) is 14.6. The fourth-order valence-electron chi connectivity index (χ4n) is 4.17. The van der Waals surface area contributed by atoms with Crippen molar-refractivity contribution in [1.82, 2.24) is 4.90 Å². The van der Waals surface area contributed by atoms with E-state index in [1.165, 1.54) is 11.9 Å². The maximum Gasteiger partial charge on any atom is 0.330 e. The Morgan fingerprint density at radius 2 is 2.10 bits per heavy atom. The summed E-state index contributed by atoms with van der Waals surface area (Å²) < 4.78 is 5.43. The van der Waals surface area contributed by atoms with Crippen LogP contribution in [0.25, 0.3) is 11.1 Å². The highest BCUT2D eigenvalue weighted by molar-refractivity contribution is 6.49. The first-order valence-electron chi connectivity index (χ1n) is 9.80. The quantitative estimate of drug-likeness (QED) is 0.482. The maximum absolute atomic E-state index is 9.75. The Hall–Kier alpha value is -3.11. The molecule has 0 atom stereocenters. The third kappa shape index (κ3) is 3.64. The Kier molecular flexibility index (Phi) is 5.37. The molecule has 0 aromatic heterocycles. The van der Waals surface area contributed by atoms with Crippen LogP contribution < -0.4 is 10.4 Å². The molecule has 0 aliphatic carbocycles. The van der Waals surface area contributed by atoms with Crippen molar-refractivity contribution in [2.75, 3.05) is 25.0 Å². The summed E-state index contributed by atoms with van der Waals surface area (Å²) in [4.78, 5) is 3.84. The third-order valence-electron chi connectivity index (χ3n) is 5.83. The average Bonchev–Trinajstić information content (AvgIpc) is 3.25. The number of rotatable bonds is 4. The summed E-state index contributed by atoms with van der Waals surface area (Å²) in [5, 5.41) is 25.4. The van der Waals surface area contributed by atoms with Crippen molar-refractivity contribution in [3.05, 3.63) is 47.5 Å². The fourth-order valence-corrected chi connectivity index (χ4v) is 4.17. The first-order chi connectivity index (χ1) is 14.1. The van der Waals surface area contributed by atoms with Gasteiger partial charge in [0.05, 0.1) is 24.2 Å². The molecule has 29 heavy (non-hydrogen) atoms. The summed E-state index contributed by atoms with van der Waals surface area (Å²) in [6.07, 6.45) is 2.86. The Morgan fingerprint density at radius 3 is 2.83 bits per heavy atom. The number of para-hydroxylation sites is 1. The van der Waals surface area contributed by atoms with E-state index in [1.54, 1.807) is 19.4 Å². The van der Waals surface area contributed by atoms with Gasteiger partial charge in [-0.25, -0.2) is 0 Å². The van der Waals surface area contributed by atoms with Crippen molar-refractivity contribution >= 4 is 30.8 Å². The first-order valence-corrected chi connectivity index (χ1v) is 9.80. The predicted octanol–water partition coefficient (Wildman–Crippen LogP) is 2.73. The van der Waals surface area contributed by atoms with Crippen LogP contribution in [0.4, 0.5) is 5.69 Å². The lowest BCUT2D eigenvalue weighted by molar-refractivity contribution is 0.345. The van der Waals surface area contributed by atoms with Crippen LogP contribution in [0.15, 0.2) is 36.4 Å². The van der Waals surface area contributed by atoms with Gasteiger partial charge in [-0.1, -0.05) is 30.3 Å². The van der Waals surface area contributed by atoms with E-state index in [-0.39, 0.29) is 5.92 Å². The van der Waals surface area contributed by atoms with Crippen LogP contribution >= 0.6 is 0 Å². The Bertz CT molecular complexity index is 991. The number of hydrogen-bond acceptors (Lipinski definition) is 5. The molecule has 0 bridgehead atoms. The second-order valence-corrected chi connectivity index (χ2v) is 7.54. The first kappa shape index (κ1) is 19.2. The summed E-state index contributed by atoms with van der Waals surface area (Å²) in [5.41, 5.74) is 6.06. The molecule has 0 saturated carbocycles. The van der Waals surface area contributed by atoms with Crippen molar-refractivity contribution in [3.8, 4) is 17.2 Å². The molecule has 0 spiro atoms. The van der Waals surface area contributed by atoms with E-state index in [0.717, 1.165) is 48.2 Å². The summed E-state index contributed by atoms with van der Waals surface area (Å²) >= 11 is 0. The number of nitriles is 1. The normalized spacial score (nSPS) is 15.9. The van der Waals surface area contributed by atoms with E-state index in [2.05, 4.69) is 35.2 Å². The monoisotopic (exact) mass is 384 g/mol. The smallest absolute Gasteiger partial charge is 0.330 e. The Labute approximate surface area is 172 Å². The number of nitrogens with zero attached hydrogens (tertiary/aromatic N) is 3. The van der Waals surface area contributed by atoms with E-state index in [9.17, 15) is 5.26 Å². The molecule has 1 radical (unpaired) electrons. The van der Waals surface area contributed by atoms with E-state index in [1.807, 2.05) is 12.1 Å². The van der Waals surface area contributed by atoms with Crippen molar-refractivity contribution in [2.45, 2.75) is 19.4 Å². The lowest BCUT2D eigenvalue weighted by Crippen LogP contribution is -2.41. The second kappa shape index (κ2) is 8.10. The number of anilines is 1. The van der Waals surface area contributed by atoms with Gasteiger partial charge in [-0.05, 0) is 35.5 Å². The summed E-state index contributed by atoms with van der Waals surface area (Å²) in [5.74, 6) is 0.630. The predicted molar refractivity (Wildman–Crippen MR) is 116 cm³/mol. The number of benzene rings is 2. The molecule has 7 heteroatoms. The standard InChI is InChI=1S/C22H23BN5O/c1-27(14-25)22(26)15-7-9-28(10-8-15)21-17(12-24)3-2-4-19(21)16-5-6-18-13-29-23-20(18)11-16/h2-6,11,14-15,25-26H,7-10,13H2,1H3. The van der Waals surface area contributed by atoms with Crippen molar-refractivity contribution in [2.24, 2.45) is 5.92 Å². The van der Waals surface area contributed by atoms with Gasteiger partial charge in [0, 0.05) is 31.6 Å². The molecule has 6 nitrogen and oxygen atoms in total. The number of nitrogens with one attached hydrogen (secondary N) is 2. The van der Waals surface area contributed by atoms with E-state index in [4.69, 9.17) is 15.5 Å². The van der Waals surface area contributed by atoms with Gasteiger partial charge in [-0.3, -0.25) is 10.8 Å². The van der Waals surface area contributed by atoms with E-state index in [0.29, 0.717) is 18.0 Å². The van der Waals surface area contributed by atoms with E-state index >= 15 is 0 Å². The van der Waals surface area contributed by atoms with Gasteiger partial charge >= 0.3 is 7.48 Å². The number of amidine groups is 1. The fraction of sp³-hybridized carbons (Fsp3) is 0.318. The number of fused-ring (bicyclic) bond motifs is 1. The van der Waals surface area contributed by atoms with Crippen LogP contribution in [0.5, 0.6) is 0 Å². The van der Waals surface area contributed by atoms with Gasteiger partial charge < -0.3 is 14.5 Å². The lowest BCUT2D eigenvalue weighted by Gasteiger charge is -2.36. The van der Waals surface area contributed by atoms with Crippen molar-refractivity contribution in [3.63, 3.8) is 0 Å². The highest BCUT2D eigenvalue weighted by Gasteiger charge is 2.27. The van der Waals surface area contributed by atoms with Crippen LogP contribution in [0.2, 0.25) is 0 Å². The SMILES string of the molecule is CN(C=N)C(=N)C1CCN(c2c(C#N)cccc2-c2ccc3c(c2)[B]OC3)CC1. The molecule has 4 rings (SSSR count). The van der Waals surface area contributed by atoms with Crippen molar-refractivity contribution in [1.29, 1.82) is 16.1 Å². The molecular formula is C22H23BN5O. The molecule has 2 N–H and O–H groups in total. The van der Waals surface area contributed by atoms with Gasteiger partial charge in [-0.2, -0.15) is 5.26 Å². The largest absolute Gasteiger partial charge is 0.430 e. The highest BCUT2D eigenvalue weighted by Crippen LogP contribution is 2.36. The number of piperidine rings is 1. The zero-order chi connectivity index (χ0) is 20.4. The van der Waals surface area contributed by atoms with E-state index < -0.39 is 0 Å². The molecule has 2 heterocycles. The van der Waals surface area contributed by atoms with Crippen LogP contribution in [0.1, 0.15) is 24.0 Å². The van der Waals surface area contributed by atoms with Crippen molar-refractivity contribution < 1.29 is 4.65 Å². The average molecular weight is 384 g/mol. The topological polar surface area (TPSA) is 87.2 Å². The Balaban J connectivity index is 1.64. The molecule has 145 valence electrons. The summed E-state index contributed by atoms with van der Waals surface area (Å²) in [7, 11) is 3.54. The highest BCUT2D eigenvalue weighted by atomic mass is 16.4. The molecule has 2 aromatic carbocycles. The maximum atomic E-state index is 9.75. The third-order valence-corrected chi connectivity index (χ3v) is 5.83. The minimum absolute atomic E-state index is 0.141. The molecule has 0 unspecified atom stereocenters. The minimum atomic E-state index is 0.141. The van der Waals surface area contributed by atoms with Crippen LogP contribution in [-0.4, -0.2) is 44.7 Å². The van der Waals surface area contributed by atoms with Gasteiger partial charge in [-0.15, -0.1) is 0 Å². The molecule has 1 fully saturated rings. The zero-order valence-corrected chi connectivity index (χ0v) is 16.5. The van der Waals surface area contributed by atoms with Crippen LogP contribution in [0, 0.1) is 28.1 Å². The summed E-state index contributed by atoms with van der Waals surface area (Å²) in [6.45, 7) is 2.18. The lowest BCUT2D eigenvalue weighted by atomic mass is 9.84. The molecular weight excluding hydrogens is 361 g/mol. The second-order valence-electron chi connectivity index (χ2n) is 7.54. The van der Waals surface area contributed by atoms with Gasteiger partial charge in [0.15, 0.2) is 0 Å². The van der Waals surface area contributed by atoms with Gasteiger partial charge in [0.2, 0.25) is 0 Å². The Morgan fingerprint density at radius 1 is 1.31 bits per heavy atom. The van der Waals surface area contributed by atoms with Crippen LogP contribution in [-0.2, 0) is 11.3 Å². The van der Waals surface area contributed by atoms with Gasteiger partial charge in [0.25, 0.3) is 0 Å². The molecule has 2 aromatic rings. The minimum Gasteiger partial charge on any atom is -0.430 e. The zero-order valence-electron chi connectivity index (χ0n) is 16.5.